The number of nitrogens with one attached hydrogen (secondary N) is 1. The van der Waals surface area contributed by atoms with Gasteiger partial charge in [0.15, 0.2) is 0 Å². The minimum atomic E-state index is 0.789. The van der Waals surface area contributed by atoms with Crippen LogP contribution in [-0.4, -0.2) is 7.05 Å². The second-order valence-corrected chi connectivity index (χ2v) is 5.17. The van der Waals surface area contributed by atoms with E-state index in [1.807, 2.05) is 25.2 Å². The average molecular weight is 311 g/mol. The first kappa shape index (κ1) is 12.6. The lowest BCUT2D eigenvalue weighted by Gasteiger charge is -2.07. The van der Waals surface area contributed by atoms with Gasteiger partial charge >= 0.3 is 0 Å². The lowest BCUT2D eigenvalue weighted by molar-refractivity contribution is 0.818. The quantitative estimate of drug-likeness (QED) is 0.881. The molecule has 0 aromatic heterocycles. The van der Waals surface area contributed by atoms with Gasteiger partial charge in [-0.1, -0.05) is 51.8 Å². The van der Waals surface area contributed by atoms with E-state index in [2.05, 4.69) is 45.5 Å². The molecular weight excluding hydrogens is 298 g/mol. The Morgan fingerprint density at radius 2 is 1.88 bits per heavy atom. The van der Waals surface area contributed by atoms with Crippen molar-refractivity contribution < 1.29 is 0 Å². The fourth-order valence-electron chi connectivity index (χ4n) is 1.73. The molecule has 0 saturated heterocycles. The molecule has 2 aromatic rings. The summed E-state index contributed by atoms with van der Waals surface area (Å²) in [6.45, 7) is 0.789. The van der Waals surface area contributed by atoms with Crippen LogP contribution in [0.5, 0.6) is 0 Å². The zero-order valence-electron chi connectivity index (χ0n) is 9.50. The molecule has 2 aromatic carbocycles. The summed E-state index contributed by atoms with van der Waals surface area (Å²) < 4.78 is 1.07. The SMILES string of the molecule is CNCc1ccc(-c2cccc(Br)c2)cc1Cl. The summed E-state index contributed by atoms with van der Waals surface area (Å²) in [5.74, 6) is 0. The van der Waals surface area contributed by atoms with Crippen LogP contribution in [0, 0.1) is 0 Å². The Bertz CT molecular complexity index is 525. The Morgan fingerprint density at radius 3 is 2.53 bits per heavy atom. The molecule has 1 N–H and O–H groups in total. The lowest BCUT2D eigenvalue weighted by Crippen LogP contribution is -2.05. The topological polar surface area (TPSA) is 12.0 Å². The molecule has 0 bridgehead atoms. The Kier molecular flexibility index (Phi) is 4.21. The van der Waals surface area contributed by atoms with Crippen LogP contribution in [0.4, 0.5) is 0 Å². The maximum absolute atomic E-state index is 6.25. The van der Waals surface area contributed by atoms with E-state index in [-0.39, 0.29) is 0 Å². The molecule has 17 heavy (non-hydrogen) atoms. The van der Waals surface area contributed by atoms with E-state index < -0.39 is 0 Å². The third kappa shape index (κ3) is 3.09. The molecule has 0 fully saturated rings. The highest BCUT2D eigenvalue weighted by molar-refractivity contribution is 9.10. The second-order valence-electron chi connectivity index (χ2n) is 3.85. The minimum absolute atomic E-state index is 0.789. The standard InChI is InChI=1S/C14H13BrClN/c1-17-9-12-6-5-11(8-14(12)16)10-3-2-4-13(15)7-10/h2-8,17H,9H2,1H3. The van der Waals surface area contributed by atoms with Gasteiger partial charge in [-0.15, -0.1) is 0 Å². The third-order valence-corrected chi connectivity index (χ3v) is 3.42. The van der Waals surface area contributed by atoms with Gasteiger partial charge in [-0.3, -0.25) is 0 Å². The molecule has 0 aliphatic heterocycles. The molecule has 2 rings (SSSR count). The maximum Gasteiger partial charge on any atom is 0.0457 e. The molecule has 0 aliphatic carbocycles. The van der Waals surface area contributed by atoms with Crippen molar-refractivity contribution in [3.05, 3.63) is 57.5 Å². The van der Waals surface area contributed by atoms with Crippen molar-refractivity contribution in [1.29, 1.82) is 0 Å². The third-order valence-electron chi connectivity index (χ3n) is 2.58. The van der Waals surface area contributed by atoms with Gasteiger partial charge in [0.2, 0.25) is 0 Å². The fourth-order valence-corrected chi connectivity index (χ4v) is 2.38. The normalized spacial score (nSPS) is 10.5. The molecule has 0 aliphatic rings. The maximum atomic E-state index is 6.25. The van der Waals surface area contributed by atoms with E-state index in [0.29, 0.717) is 0 Å². The highest BCUT2D eigenvalue weighted by atomic mass is 79.9. The van der Waals surface area contributed by atoms with E-state index in [1.165, 1.54) is 0 Å². The molecular formula is C14H13BrClN. The Hall–Kier alpha value is -0.830. The van der Waals surface area contributed by atoms with E-state index >= 15 is 0 Å². The second kappa shape index (κ2) is 5.67. The monoisotopic (exact) mass is 309 g/mol. The summed E-state index contributed by atoms with van der Waals surface area (Å²) >= 11 is 9.72. The summed E-state index contributed by atoms with van der Waals surface area (Å²) in [6, 6.07) is 14.4. The molecule has 1 nitrogen and oxygen atoms in total. The highest BCUT2D eigenvalue weighted by Crippen LogP contribution is 2.27. The number of benzene rings is 2. The van der Waals surface area contributed by atoms with Gasteiger partial charge in [0.05, 0.1) is 0 Å². The van der Waals surface area contributed by atoms with Crippen molar-refractivity contribution in [2.24, 2.45) is 0 Å². The summed E-state index contributed by atoms with van der Waals surface area (Å²) in [5.41, 5.74) is 3.42. The van der Waals surface area contributed by atoms with Crippen LogP contribution in [0.15, 0.2) is 46.9 Å². The number of hydrogen-bond acceptors (Lipinski definition) is 1. The highest BCUT2D eigenvalue weighted by Gasteiger charge is 2.03. The van der Waals surface area contributed by atoms with Crippen LogP contribution in [0.3, 0.4) is 0 Å². The van der Waals surface area contributed by atoms with Crippen LogP contribution in [0.2, 0.25) is 5.02 Å². The minimum Gasteiger partial charge on any atom is -0.316 e. The van der Waals surface area contributed by atoms with Crippen molar-refractivity contribution in [2.45, 2.75) is 6.54 Å². The molecule has 0 atom stereocenters. The number of halogens is 2. The molecule has 0 radical (unpaired) electrons. The summed E-state index contributed by atoms with van der Waals surface area (Å²) in [7, 11) is 1.92. The fraction of sp³-hybridized carbons (Fsp3) is 0.143. The molecule has 0 saturated carbocycles. The first-order chi connectivity index (χ1) is 8.20. The average Bonchev–Trinajstić information content (AvgIpc) is 2.32. The Morgan fingerprint density at radius 1 is 1.12 bits per heavy atom. The molecule has 88 valence electrons. The Balaban J connectivity index is 2.37. The van der Waals surface area contributed by atoms with Gasteiger partial charge in [-0.25, -0.2) is 0 Å². The van der Waals surface area contributed by atoms with Gasteiger partial charge in [-0.05, 0) is 41.9 Å². The van der Waals surface area contributed by atoms with Gasteiger partial charge in [0, 0.05) is 16.0 Å². The molecule has 0 heterocycles. The largest absolute Gasteiger partial charge is 0.316 e. The molecule has 0 amide bonds. The molecule has 0 unspecified atom stereocenters. The Labute approximate surface area is 115 Å². The van der Waals surface area contributed by atoms with E-state index in [4.69, 9.17) is 11.6 Å². The smallest absolute Gasteiger partial charge is 0.0457 e. The van der Waals surface area contributed by atoms with Crippen molar-refractivity contribution >= 4 is 27.5 Å². The van der Waals surface area contributed by atoms with Crippen molar-refractivity contribution in [1.82, 2.24) is 5.32 Å². The first-order valence-corrected chi connectivity index (χ1v) is 6.57. The van der Waals surface area contributed by atoms with Crippen molar-refractivity contribution in [3.8, 4) is 11.1 Å². The van der Waals surface area contributed by atoms with Crippen molar-refractivity contribution in [2.75, 3.05) is 7.05 Å². The zero-order valence-corrected chi connectivity index (χ0v) is 11.8. The van der Waals surface area contributed by atoms with E-state index in [1.54, 1.807) is 0 Å². The van der Waals surface area contributed by atoms with Gasteiger partial charge in [0.1, 0.15) is 0 Å². The summed E-state index contributed by atoms with van der Waals surface area (Å²) in [5, 5.41) is 3.90. The first-order valence-electron chi connectivity index (χ1n) is 5.39. The lowest BCUT2D eigenvalue weighted by atomic mass is 10.0. The predicted molar refractivity (Wildman–Crippen MR) is 77.4 cm³/mol. The van der Waals surface area contributed by atoms with Gasteiger partial charge in [0.25, 0.3) is 0 Å². The molecule has 3 heteroatoms. The van der Waals surface area contributed by atoms with Crippen LogP contribution in [-0.2, 0) is 6.54 Å². The molecule has 0 spiro atoms. The summed E-state index contributed by atoms with van der Waals surface area (Å²) in [6.07, 6.45) is 0. The van der Waals surface area contributed by atoms with Crippen LogP contribution in [0.25, 0.3) is 11.1 Å². The van der Waals surface area contributed by atoms with Crippen LogP contribution in [0.1, 0.15) is 5.56 Å². The van der Waals surface area contributed by atoms with E-state index in [9.17, 15) is 0 Å². The van der Waals surface area contributed by atoms with E-state index in [0.717, 1.165) is 32.7 Å². The zero-order chi connectivity index (χ0) is 12.3. The predicted octanol–water partition coefficient (Wildman–Crippen LogP) is 4.49. The van der Waals surface area contributed by atoms with Crippen molar-refractivity contribution in [3.63, 3.8) is 0 Å². The van der Waals surface area contributed by atoms with Gasteiger partial charge in [-0.2, -0.15) is 0 Å². The van der Waals surface area contributed by atoms with Gasteiger partial charge < -0.3 is 5.32 Å². The number of rotatable bonds is 3. The van der Waals surface area contributed by atoms with Crippen LogP contribution < -0.4 is 5.32 Å². The number of hydrogen-bond donors (Lipinski definition) is 1. The van der Waals surface area contributed by atoms with Crippen LogP contribution >= 0.6 is 27.5 Å². The summed E-state index contributed by atoms with van der Waals surface area (Å²) in [4.78, 5) is 0.